The summed E-state index contributed by atoms with van der Waals surface area (Å²) in [6, 6.07) is 4.82. The number of carbonyl (C=O) groups excluding carboxylic acids is 1. The second-order valence-corrected chi connectivity index (χ2v) is 12.9. The van der Waals surface area contributed by atoms with E-state index < -0.39 is 92.8 Å². The Kier molecular flexibility index (Phi) is 9.01. The van der Waals surface area contributed by atoms with Gasteiger partial charge in [0.25, 0.3) is 5.91 Å². The van der Waals surface area contributed by atoms with Gasteiger partial charge in [-0.25, -0.2) is 0 Å². The number of nitrogens with one attached hydrogen (secondary N) is 1. The second-order valence-electron chi connectivity index (χ2n) is 12.9. The molecule has 7 rings (SSSR count). The van der Waals surface area contributed by atoms with Gasteiger partial charge in [-0.05, 0) is 30.5 Å². The number of H-pyrrole nitrogens is 1. The van der Waals surface area contributed by atoms with Crippen LogP contribution in [0.5, 0.6) is 5.75 Å². The summed E-state index contributed by atoms with van der Waals surface area (Å²) in [5.74, 6) is -1.15. The van der Waals surface area contributed by atoms with Crippen molar-refractivity contribution in [1.82, 2.24) is 9.88 Å². The molecule has 1 aromatic carbocycles. The molecule has 16 heteroatoms. The molecule has 0 aliphatic carbocycles. The summed E-state index contributed by atoms with van der Waals surface area (Å²) in [4.78, 5) is 19.0. The molecular formula is C32H40N2O14. The summed E-state index contributed by atoms with van der Waals surface area (Å²) in [6.07, 6.45) is -13.3. The van der Waals surface area contributed by atoms with Crippen LogP contribution in [0.3, 0.4) is 0 Å². The van der Waals surface area contributed by atoms with Crippen molar-refractivity contribution in [2.75, 3.05) is 19.8 Å². The van der Waals surface area contributed by atoms with E-state index in [9.17, 15) is 45.6 Å². The molecule has 5 aliphatic heterocycles. The third-order valence-electron chi connectivity index (χ3n) is 10.2. The number of phenols is 1. The van der Waals surface area contributed by atoms with E-state index in [0.717, 1.165) is 22.2 Å². The van der Waals surface area contributed by atoms with Crippen LogP contribution in [-0.2, 0) is 34.9 Å². The first-order chi connectivity index (χ1) is 23.1. The van der Waals surface area contributed by atoms with E-state index in [2.05, 4.69) is 11.6 Å². The van der Waals surface area contributed by atoms with E-state index in [1.165, 1.54) is 6.26 Å². The Labute approximate surface area is 274 Å². The molecule has 0 saturated carbocycles. The molecule has 1 amide bonds. The first kappa shape index (κ1) is 33.4. The number of benzene rings is 1. The number of amides is 1. The molecule has 14 atom stereocenters. The Hall–Kier alpha value is -3.13. The maximum absolute atomic E-state index is 13.8. The molecule has 0 bridgehead atoms. The van der Waals surface area contributed by atoms with E-state index in [-0.39, 0.29) is 17.7 Å². The Morgan fingerprint density at radius 1 is 0.938 bits per heavy atom. The number of aromatic nitrogens is 1. The number of carbonyl (C=O) groups is 1. The van der Waals surface area contributed by atoms with Gasteiger partial charge >= 0.3 is 0 Å². The molecule has 9 N–H and O–H groups in total. The molecule has 16 nitrogen and oxygen atoms in total. The number of piperidine rings is 1. The summed E-state index contributed by atoms with van der Waals surface area (Å²) >= 11 is 0. The molecular weight excluding hydrogens is 636 g/mol. The average Bonchev–Trinajstić information content (AvgIpc) is 3.45. The average molecular weight is 677 g/mol. The van der Waals surface area contributed by atoms with Crippen LogP contribution >= 0.6 is 0 Å². The molecule has 3 saturated heterocycles. The van der Waals surface area contributed by atoms with Crippen molar-refractivity contribution in [2.45, 2.75) is 86.6 Å². The molecule has 0 radical (unpaired) electrons. The van der Waals surface area contributed by atoms with Gasteiger partial charge in [0.15, 0.2) is 12.6 Å². The van der Waals surface area contributed by atoms with Gasteiger partial charge < -0.3 is 74.4 Å². The van der Waals surface area contributed by atoms with Crippen molar-refractivity contribution >= 4 is 16.8 Å². The van der Waals surface area contributed by atoms with Crippen molar-refractivity contribution in [3.05, 3.63) is 53.9 Å². The minimum absolute atomic E-state index is 0.124. The second kappa shape index (κ2) is 13.0. The Morgan fingerprint density at radius 2 is 1.65 bits per heavy atom. The number of hydrogen-bond donors (Lipinski definition) is 9. The van der Waals surface area contributed by atoms with E-state index in [1.54, 1.807) is 23.1 Å². The van der Waals surface area contributed by atoms with Crippen molar-refractivity contribution in [2.24, 2.45) is 11.8 Å². The number of rotatable bonds is 7. The van der Waals surface area contributed by atoms with Crippen LogP contribution < -0.4 is 0 Å². The number of aromatic amines is 1. The monoisotopic (exact) mass is 676 g/mol. The first-order valence-electron chi connectivity index (χ1n) is 15.9. The largest absolute Gasteiger partial charge is 0.508 e. The predicted molar refractivity (Wildman–Crippen MR) is 160 cm³/mol. The minimum atomic E-state index is -1.83. The number of aromatic hydroxyl groups is 1. The van der Waals surface area contributed by atoms with Gasteiger partial charge in [-0.15, -0.1) is 6.58 Å². The zero-order chi connectivity index (χ0) is 34.0. The molecule has 262 valence electrons. The summed E-state index contributed by atoms with van der Waals surface area (Å²) < 4.78 is 29.1. The molecule has 1 aromatic heterocycles. The molecule has 5 aliphatic rings. The molecule has 0 spiro atoms. The quantitative estimate of drug-likeness (QED) is 0.144. The first-order valence-corrected chi connectivity index (χ1v) is 15.9. The number of aliphatic hydroxyl groups excluding tert-OH is 7. The van der Waals surface area contributed by atoms with Crippen LogP contribution in [0.2, 0.25) is 0 Å². The van der Waals surface area contributed by atoms with Gasteiger partial charge in [0, 0.05) is 41.0 Å². The fourth-order valence-corrected chi connectivity index (χ4v) is 7.64. The summed E-state index contributed by atoms with van der Waals surface area (Å²) in [6.45, 7) is 3.03. The Bertz CT molecular complexity index is 1560. The van der Waals surface area contributed by atoms with Crippen LogP contribution in [0.4, 0.5) is 0 Å². The number of ether oxygens (including phenoxy) is 5. The van der Waals surface area contributed by atoms with E-state index in [0.29, 0.717) is 25.0 Å². The van der Waals surface area contributed by atoms with E-state index in [1.807, 2.05) is 6.07 Å². The van der Waals surface area contributed by atoms with Gasteiger partial charge in [0.2, 0.25) is 6.29 Å². The maximum atomic E-state index is 13.8. The standard InChI is InChI=1S/C32H40N2O14/c1-2-13-16-8-19-22-15(14-4-3-12(37)7-18(14)33-22)5-6-34(19)29(43)17(16)11-44-30(13)48-32-28(26(41)24(39)21(10-36)46-32)47-31-27(42)25(40)23(38)20(9-35)45-31/h2-4,7,11,13,16,19-21,23-28,30-33,35-42H,1,5-6,8-10H2/t13-,16+,19-,20-,21-,23-,24-,25+,26+,27-,28-,30+,31+,32+/m1/s1. The lowest BCUT2D eigenvalue weighted by atomic mass is 9.74. The fourth-order valence-electron chi connectivity index (χ4n) is 7.64. The van der Waals surface area contributed by atoms with Crippen LogP contribution in [0.25, 0.3) is 10.9 Å². The van der Waals surface area contributed by atoms with Crippen LogP contribution in [0.1, 0.15) is 23.7 Å². The number of fused-ring (bicyclic) bond motifs is 6. The highest BCUT2D eigenvalue weighted by atomic mass is 16.8. The highest BCUT2D eigenvalue weighted by molar-refractivity contribution is 5.96. The zero-order valence-corrected chi connectivity index (χ0v) is 25.7. The lowest BCUT2D eigenvalue weighted by Crippen LogP contribution is -2.65. The van der Waals surface area contributed by atoms with Gasteiger partial charge in [-0.1, -0.05) is 6.08 Å². The number of nitrogens with zero attached hydrogens (tertiary/aromatic N) is 1. The molecule has 2 aromatic rings. The fraction of sp³-hybridized carbons (Fsp3) is 0.594. The third kappa shape index (κ3) is 5.41. The van der Waals surface area contributed by atoms with E-state index in [4.69, 9.17) is 23.7 Å². The molecule has 3 fully saturated rings. The van der Waals surface area contributed by atoms with Crippen molar-refractivity contribution in [3.8, 4) is 5.75 Å². The SMILES string of the molecule is C=C[C@H]1[C@H](O[C@@H]2O[C@H](CO)[C@@H](O)[C@H](O)[C@H]2O[C@@H]2O[C@H](CO)[C@@H](O)[C@H](O)[C@H]2O)OC=C2C(=O)N3CCc4c([nH]c5cc(O)ccc45)[C@H]3C[C@H]21. The minimum Gasteiger partial charge on any atom is -0.508 e. The zero-order valence-electron chi connectivity index (χ0n) is 25.7. The lowest BCUT2D eigenvalue weighted by molar-refractivity contribution is -0.383. The van der Waals surface area contributed by atoms with Crippen molar-refractivity contribution < 1.29 is 69.3 Å². The smallest absolute Gasteiger partial charge is 0.253 e. The number of phenolic OH excluding ortho intramolecular Hbond substituents is 1. The summed E-state index contributed by atoms with van der Waals surface area (Å²) in [5, 5.41) is 83.1. The lowest BCUT2D eigenvalue weighted by Gasteiger charge is -2.49. The topological polar surface area (TPSA) is 244 Å². The third-order valence-corrected chi connectivity index (χ3v) is 10.2. The highest BCUT2D eigenvalue weighted by Gasteiger charge is 2.54. The van der Waals surface area contributed by atoms with Gasteiger partial charge in [0.1, 0.15) is 54.6 Å². The molecule has 0 unspecified atom stereocenters. The van der Waals surface area contributed by atoms with Gasteiger partial charge in [-0.2, -0.15) is 0 Å². The van der Waals surface area contributed by atoms with E-state index >= 15 is 0 Å². The van der Waals surface area contributed by atoms with Crippen molar-refractivity contribution in [1.29, 1.82) is 0 Å². The van der Waals surface area contributed by atoms with Crippen molar-refractivity contribution in [3.63, 3.8) is 0 Å². The van der Waals surface area contributed by atoms with Gasteiger partial charge in [-0.3, -0.25) is 4.79 Å². The molecule has 6 heterocycles. The molecule has 48 heavy (non-hydrogen) atoms. The summed E-state index contributed by atoms with van der Waals surface area (Å²) in [7, 11) is 0. The van der Waals surface area contributed by atoms with Crippen LogP contribution in [0, 0.1) is 11.8 Å². The maximum Gasteiger partial charge on any atom is 0.253 e. The predicted octanol–water partition coefficient (Wildman–Crippen LogP) is -2.00. The highest BCUT2D eigenvalue weighted by Crippen LogP contribution is 2.48. The van der Waals surface area contributed by atoms with Crippen LogP contribution in [0.15, 0.2) is 42.7 Å². The Balaban J connectivity index is 1.15. The van der Waals surface area contributed by atoms with Gasteiger partial charge in [0.05, 0.1) is 31.1 Å². The number of hydrogen-bond acceptors (Lipinski definition) is 14. The normalized spacial score (nSPS) is 41.2. The van der Waals surface area contributed by atoms with Crippen LogP contribution in [-0.4, -0.2) is 144 Å². The number of aliphatic hydroxyl groups is 7. The Morgan fingerprint density at radius 3 is 2.35 bits per heavy atom. The summed E-state index contributed by atoms with van der Waals surface area (Å²) in [5.41, 5.74) is 3.15.